The molecule has 2 nitrogen and oxygen atoms in total. The molecule has 0 amide bonds. The summed E-state index contributed by atoms with van der Waals surface area (Å²) in [5, 5.41) is 4.83. The van der Waals surface area contributed by atoms with Crippen molar-refractivity contribution < 1.29 is 0 Å². The maximum absolute atomic E-state index is 5.87. The average Bonchev–Trinajstić information content (AvgIpc) is 2.43. The van der Waals surface area contributed by atoms with Crippen LogP contribution in [0.15, 0.2) is 31.1 Å². The highest BCUT2D eigenvalue weighted by Gasteiger charge is 2.03. The van der Waals surface area contributed by atoms with E-state index in [4.69, 9.17) is 11.6 Å². The molecule has 2 rings (SSSR count). The van der Waals surface area contributed by atoms with E-state index in [1.54, 1.807) is 16.9 Å². The van der Waals surface area contributed by atoms with Gasteiger partial charge in [-0.25, -0.2) is 4.52 Å². The summed E-state index contributed by atoms with van der Waals surface area (Å²) in [7, 11) is 0. The van der Waals surface area contributed by atoms with Crippen molar-refractivity contribution in [2.24, 2.45) is 0 Å². The van der Waals surface area contributed by atoms with Crippen molar-refractivity contribution in [2.75, 3.05) is 0 Å². The van der Waals surface area contributed by atoms with Crippen molar-refractivity contribution >= 4 is 22.7 Å². The number of halogens is 1. The van der Waals surface area contributed by atoms with Gasteiger partial charge in [0.25, 0.3) is 0 Å². The van der Waals surface area contributed by atoms with Crippen molar-refractivity contribution in [3.05, 3.63) is 41.7 Å². The van der Waals surface area contributed by atoms with Crippen LogP contribution in [0.25, 0.3) is 11.1 Å². The number of hydrogen-bond donors (Lipinski definition) is 0. The van der Waals surface area contributed by atoms with E-state index in [0.29, 0.717) is 5.02 Å². The quantitative estimate of drug-likeness (QED) is 0.679. The number of aromatic nitrogens is 2. The highest BCUT2D eigenvalue weighted by Crippen LogP contribution is 2.21. The molecule has 0 N–H and O–H groups in total. The fourth-order valence-electron chi connectivity index (χ4n) is 1.34. The Morgan fingerprint density at radius 1 is 1.62 bits per heavy atom. The third kappa shape index (κ3) is 1.33. The summed E-state index contributed by atoms with van der Waals surface area (Å²) < 4.78 is 1.76. The van der Waals surface area contributed by atoms with Crippen LogP contribution in [-0.2, 0) is 0 Å². The monoisotopic (exact) mass is 192 g/mol. The highest BCUT2D eigenvalue weighted by atomic mass is 35.5. The molecule has 2 aromatic rings. The van der Waals surface area contributed by atoms with Crippen molar-refractivity contribution in [3.63, 3.8) is 0 Å². The van der Waals surface area contributed by atoms with Gasteiger partial charge in [-0.1, -0.05) is 18.2 Å². The first-order chi connectivity index (χ1) is 6.18. The summed E-state index contributed by atoms with van der Waals surface area (Å²) in [5.41, 5.74) is 3.10. The largest absolute Gasteiger partial charge is 0.239 e. The zero-order valence-electron chi connectivity index (χ0n) is 7.29. The molecule has 0 unspecified atom stereocenters. The van der Waals surface area contributed by atoms with Crippen LogP contribution < -0.4 is 0 Å². The fraction of sp³-hybridized carbons (Fsp3) is 0.100. The minimum Gasteiger partial charge on any atom is -0.239 e. The molecule has 0 aliphatic heterocycles. The molecule has 0 aromatic carbocycles. The third-order valence-electron chi connectivity index (χ3n) is 1.94. The number of nitrogens with zero attached hydrogens (tertiary/aromatic N) is 2. The Kier molecular flexibility index (Phi) is 1.85. The lowest BCUT2D eigenvalue weighted by Gasteiger charge is -2.01. The van der Waals surface area contributed by atoms with Gasteiger partial charge in [0.15, 0.2) is 0 Å². The molecule has 3 heteroatoms. The number of hydrogen-bond acceptors (Lipinski definition) is 1. The minimum absolute atomic E-state index is 0.696. The second kappa shape index (κ2) is 2.89. The minimum atomic E-state index is 0.696. The van der Waals surface area contributed by atoms with Crippen LogP contribution in [0.4, 0.5) is 0 Å². The molecule has 0 aliphatic rings. The Labute approximate surface area is 81.4 Å². The van der Waals surface area contributed by atoms with Crippen LogP contribution in [0, 0.1) is 0 Å². The van der Waals surface area contributed by atoms with Gasteiger partial charge in [0, 0.05) is 18.0 Å². The number of fused-ring (bicyclic) bond motifs is 1. The lowest BCUT2D eigenvalue weighted by Crippen LogP contribution is -1.91. The van der Waals surface area contributed by atoms with E-state index >= 15 is 0 Å². The van der Waals surface area contributed by atoms with Gasteiger partial charge >= 0.3 is 0 Å². The summed E-state index contributed by atoms with van der Waals surface area (Å²) in [6.07, 6.45) is 3.52. The van der Waals surface area contributed by atoms with Crippen molar-refractivity contribution in [1.82, 2.24) is 9.61 Å². The average molecular weight is 193 g/mol. The predicted molar refractivity (Wildman–Crippen MR) is 54.9 cm³/mol. The molecule has 0 bridgehead atoms. The fourth-order valence-corrected chi connectivity index (χ4v) is 1.54. The number of rotatable bonds is 1. The summed E-state index contributed by atoms with van der Waals surface area (Å²) in [4.78, 5) is 0. The highest BCUT2D eigenvalue weighted by molar-refractivity contribution is 6.31. The second-order valence-electron chi connectivity index (χ2n) is 3.01. The van der Waals surface area contributed by atoms with Crippen LogP contribution >= 0.6 is 11.6 Å². The third-order valence-corrected chi connectivity index (χ3v) is 2.14. The predicted octanol–water partition coefficient (Wildman–Crippen LogP) is 3.02. The van der Waals surface area contributed by atoms with Gasteiger partial charge in [-0.05, 0) is 24.6 Å². The Balaban J connectivity index is 2.82. The summed E-state index contributed by atoms with van der Waals surface area (Å²) >= 11 is 5.87. The first-order valence-corrected chi connectivity index (χ1v) is 4.35. The van der Waals surface area contributed by atoms with Crippen molar-refractivity contribution in [3.8, 4) is 0 Å². The Bertz CT molecular complexity index is 471. The zero-order valence-corrected chi connectivity index (χ0v) is 8.04. The van der Waals surface area contributed by atoms with Gasteiger partial charge < -0.3 is 0 Å². The van der Waals surface area contributed by atoms with E-state index in [2.05, 4.69) is 11.7 Å². The van der Waals surface area contributed by atoms with Crippen molar-refractivity contribution in [2.45, 2.75) is 6.92 Å². The molecule has 0 saturated heterocycles. The van der Waals surface area contributed by atoms with Gasteiger partial charge in [-0.2, -0.15) is 5.10 Å². The molecule has 0 aliphatic carbocycles. The topological polar surface area (TPSA) is 17.3 Å². The molecule has 0 radical (unpaired) electrons. The van der Waals surface area contributed by atoms with Gasteiger partial charge in [0.2, 0.25) is 0 Å². The molecule has 0 saturated carbocycles. The molecule has 13 heavy (non-hydrogen) atoms. The second-order valence-corrected chi connectivity index (χ2v) is 3.45. The van der Waals surface area contributed by atoms with Crippen LogP contribution in [-0.4, -0.2) is 9.61 Å². The summed E-state index contributed by atoms with van der Waals surface area (Å²) in [6, 6.07) is 3.83. The molecule has 66 valence electrons. The van der Waals surface area contributed by atoms with E-state index in [-0.39, 0.29) is 0 Å². The zero-order chi connectivity index (χ0) is 9.42. The Morgan fingerprint density at radius 3 is 3.08 bits per heavy atom. The Hall–Kier alpha value is -1.28. The SMILES string of the molecule is C=C(C)c1ccnn2cc(Cl)cc12. The van der Waals surface area contributed by atoms with Gasteiger partial charge in [-0.3, -0.25) is 0 Å². The van der Waals surface area contributed by atoms with E-state index in [1.165, 1.54) is 0 Å². The standard InChI is InChI=1S/C10H9ClN2/c1-7(2)9-3-4-12-13-6-8(11)5-10(9)13/h3-6H,1H2,2H3. The summed E-state index contributed by atoms with van der Waals surface area (Å²) in [6.45, 7) is 5.87. The van der Waals surface area contributed by atoms with Gasteiger partial charge in [0.1, 0.15) is 0 Å². The molecular weight excluding hydrogens is 184 g/mol. The van der Waals surface area contributed by atoms with Crippen LogP contribution in [0.3, 0.4) is 0 Å². The maximum Gasteiger partial charge on any atom is 0.0736 e. The molecule has 0 fully saturated rings. The van der Waals surface area contributed by atoms with Crippen molar-refractivity contribution in [1.29, 1.82) is 0 Å². The van der Waals surface area contributed by atoms with E-state index in [9.17, 15) is 0 Å². The van der Waals surface area contributed by atoms with Gasteiger partial charge in [-0.15, -0.1) is 0 Å². The Morgan fingerprint density at radius 2 is 2.38 bits per heavy atom. The van der Waals surface area contributed by atoms with E-state index in [1.807, 2.05) is 19.1 Å². The van der Waals surface area contributed by atoms with Crippen LogP contribution in [0.2, 0.25) is 5.02 Å². The first kappa shape index (κ1) is 8.32. The molecule has 2 aromatic heterocycles. The lowest BCUT2D eigenvalue weighted by molar-refractivity contribution is 0.938. The van der Waals surface area contributed by atoms with E-state index < -0.39 is 0 Å². The van der Waals surface area contributed by atoms with Crippen LogP contribution in [0.5, 0.6) is 0 Å². The summed E-state index contributed by atoms with van der Waals surface area (Å²) in [5.74, 6) is 0. The number of allylic oxidation sites excluding steroid dienone is 1. The smallest absolute Gasteiger partial charge is 0.0736 e. The van der Waals surface area contributed by atoms with Crippen LogP contribution in [0.1, 0.15) is 12.5 Å². The molecule has 0 spiro atoms. The molecular formula is C10H9ClN2. The first-order valence-electron chi connectivity index (χ1n) is 3.97. The maximum atomic E-state index is 5.87. The van der Waals surface area contributed by atoms with Gasteiger partial charge in [0.05, 0.1) is 10.5 Å². The molecule has 0 atom stereocenters. The normalized spacial score (nSPS) is 10.6. The lowest BCUT2D eigenvalue weighted by atomic mass is 10.1. The van der Waals surface area contributed by atoms with E-state index in [0.717, 1.165) is 16.7 Å². The molecule has 2 heterocycles.